The van der Waals surface area contributed by atoms with Crippen molar-refractivity contribution in [2.45, 2.75) is 36.2 Å². The fourth-order valence-corrected chi connectivity index (χ4v) is 3.73. The number of nitriles is 1. The van der Waals surface area contributed by atoms with Crippen LogP contribution in [0.1, 0.15) is 41.3 Å². The van der Waals surface area contributed by atoms with Crippen LogP contribution in [0.2, 0.25) is 0 Å². The van der Waals surface area contributed by atoms with Crippen LogP contribution in [0.5, 0.6) is 0 Å². The van der Waals surface area contributed by atoms with Crippen LogP contribution in [0, 0.1) is 11.3 Å². The predicted molar refractivity (Wildman–Crippen MR) is 98.3 cm³/mol. The van der Waals surface area contributed by atoms with Crippen LogP contribution in [0.3, 0.4) is 0 Å². The number of benzene rings is 2. The summed E-state index contributed by atoms with van der Waals surface area (Å²) < 4.78 is 2.26. The summed E-state index contributed by atoms with van der Waals surface area (Å²) in [6.07, 6.45) is 2.42. The average Bonchev–Trinajstić information content (AvgIpc) is 3.43. The number of rotatable bonds is 6. The van der Waals surface area contributed by atoms with Gasteiger partial charge >= 0.3 is 0 Å². The first kappa shape index (κ1) is 15.9. The molecule has 1 aliphatic carbocycles. The molecule has 0 radical (unpaired) electrons. The standard InChI is InChI=1S/C20H18N4S/c21-12-16-7-4-8-17(11-16)14-25-20-23-22-19(18-9-10-18)24(20)13-15-5-2-1-3-6-15/h1-8,11,18H,9-10,13-14H2. The van der Waals surface area contributed by atoms with Gasteiger partial charge in [-0.05, 0) is 36.1 Å². The molecule has 3 aromatic rings. The Morgan fingerprint density at radius 3 is 2.60 bits per heavy atom. The van der Waals surface area contributed by atoms with E-state index in [4.69, 9.17) is 5.26 Å². The lowest BCUT2D eigenvalue weighted by molar-refractivity contribution is 0.667. The minimum atomic E-state index is 0.562. The van der Waals surface area contributed by atoms with Crippen LogP contribution in [0.4, 0.5) is 0 Å². The highest BCUT2D eigenvalue weighted by Gasteiger charge is 2.30. The van der Waals surface area contributed by atoms with Gasteiger partial charge in [-0.25, -0.2) is 0 Å². The first-order chi connectivity index (χ1) is 12.3. The molecule has 25 heavy (non-hydrogen) atoms. The molecule has 4 rings (SSSR count). The lowest BCUT2D eigenvalue weighted by Gasteiger charge is -2.10. The maximum absolute atomic E-state index is 9.04. The molecule has 1 aliphatic rings. The largest absolute Gasteiger partial charge is 0.301 e. The quantitative estimate of drug-likeness (QED) is 0.622. The molecular formula is C20H18N4S. The highest BCUT2D eigenvalue weighted by atomic mass is 32.2. The Kier molecular flexibility index (Phi) is 4.53. The summed E-state index contributed by atoms with van der Waals surface area (Å²) >= 11 is 1.68. The summed E-state index contributed by atoms with van der Waals surface area (Å²) in [4.78, 5) is 0. The van der Waals surface area contributed by atoms with Gasteiger partial charge in [0, 0.05) is 11.7 Å². The normalized spacial score (nSPS) is 13.6. The summed E-state index contributed by atoms with van der Waals surface area (Å²) in [5.41, 5.74) is 3.09. The third-order valence-corrected chi connectivity index (χ3v) is 5.33. The third kappa shape index (κ3) is 3.75. The molecule has 0 amide bonds. The van der Waals surface area contributed by atoms with Crippen LogP contribution in [0.15, 0.2) is 59.8 Å². The van der Waals surface area contributed by atoms with Gasteiger partial charge in [-0.1, -0.05) is 54.2 Å². The Labute approximate surface area is 151 Å². The zero-order valence-electron chi connectivity index (χ0n) is 13.8. The lowest BCUT2D eigenvalue weighted by Crippen LogP contribution is -2.06. The molecule has 0 N–H and O–H groups in total. The average molecular weight is 346 g/mol. The first-order valence-electron chi connectivity index (χ1n) is 8.42. The molecule has 0 unspecified atom stereocenters. The van der Waals surface area contributed by atoms with E-state index in [1.165, 1.54) is 18.4 Å². The monoisotopic (exact) mass is 346 g/mol. The second kappa shape index (κ2) is 7.12. The van der Waals surface area contributed by atoms with E-state index in [0.717, 1.165) is 28.8 Å². The van der Waals surface area contributed by atoms with Gasteiger partial charge in [-0.15, -0.1) is 10.2 Å². The summed E-state index contributed by atoms with van der Waals surface area (Å²) in [5.74, 6) is 2.46. The summed E-state index contributed by atoms with van der Waals surface area (Å²) in [7, 11) is 0. The Balaban J connectivity index is 1.55. The minimum absolute atomic E-state index is 0.562. The molecule has 0 saturated heterocycles. The molecule has 124 valence electrons. The molecule has 1 heterocycles. The topological polar surface area (TPSA) is 54.5 Å². The van der Waals surface area contributed by atoms with Crippen molar-refractivity contribution in [3.63, 3.8) is 0 Å². The predicted octanol–water partition coefficient (Wildman–Crippen LogP) is 4.37. The third-order valence-electron chi connectivity index (χ3n) is 4.30. The highest BCUT2D eigenvalue weighted by Crippen LogP contribution is 2.40. The molecule has 0 spiro atoms. The molecule has 2 aromatic carbocycles. The van der Waals surface area contributed by atoms with Gasteiger partial charge in [-0.3, -0.25) is 0 Å². The van der Waals surface area contributed by atoms with Gasteiger partial charge in [0.15, 0.2) is 5.16 Å². The van der Waals surface area contributed by atoms with E-state index in [0.29, 0.717) is 11.5 Å². The Morgan fingerprint density at radius 2 is 1.84 bits per heavy atom. The Morgan fingerprint density at radius 1 is 1.04 bits per heavy atom. The SMILES string of the molecule is N#Cc1cccc(CSc2nnc(C3CC3)n2Cc2ccccc2)c1. The Bertz CT molecular complexity index is 907. The van der Waals surface area contributed by atoms with E-state index >= 15 is 0 Å². The number of hydrogen-bond donors (Lipinski definition) is 0. The zero-order valence-corrected chi connectivity index (χ0v) is 14.6. The van der Waals surface area contributed by atoms with E-state index in [-0.39, 0.29) is 0 Å². The second-order valence-electron chi connectivity index (χ2n) is 6.29. The van der Waals surface area contributed by atoms with E-state index in [9.17, 15) is 0 Å². The van der Waals surface area contributed by atoms with Crippen LogP contribution < -0.4 is 0 Å². The van der Waals surface area contributed by atoms with E-state index in [1.54, 1.807) is 11.8 Å². The summed E-state index contributed by atoms with van der Waals surface area (Å²) in [6, 6.07) is 20.4. The van der Waals surface area contributed by atoms with Crippen LogP contribution in [0.25, 0.3) is 0 Å². The Hall–Kier alpha value is -2.58. The van der Waals surface area contributed by atoms with Crippen molar-refractivity contribution < 1.29 is 0 Å². The van der Waals surface area contributed by atoms with Crippen molar-refractivity contribution in [1.82, 2.24) is 14.8 Å². The lowest BCUT2D eigenvalue weighted by atomic mass is 10.2. The number of aromatic nitrogens is 3. The van der Waals surface area contributed by atoms with Crippen molar-refractivity contribution in [3.05, 3.63) is 77.1 Å². The van der Waals surface area contributed by atoms with Crippen LogP contribution >= 0.6 is 11.8 Å². The fraction of sp³-hybridized carbons (Fsp3) is 0.250. The van der Waals surface area contributed by atoms with Gasteiger partial charge in [0.1, 0.15) is 5.82 Å². The molecule has 1 saturated carbocycles. The van der Waals surface area contributed by atoms with Gasteiger partial charge < -0.3 is 4.57 Å². The van der Waals surface area contributed by atoms with Gasteiger partial charge in [0.05, 0.1) is 18.2 Å². The van der Waals surface area contributed by atoms with Gasteiger partial charge in [-0.2, -0.15) is 5.26 Å². The van der Waals surface area contributed by atoms with Crippen molar-refractivity contribution in [3.8, 4) is 6.07 Å². The van der Waals surface area contributed by atoms with Crippen molar-refractivity contribution in [2.75, 3.05) is 0 Å². The molecular weight excluding hydrogens is 328 g/mol. The summed E-state index contributed by atoms with van der Waals surface area (Å²) in [5, 5.41) is 18.9. The molecule has 4 nitrogen and oxygen atoms in total. The van der Waals surface area contributed by atoms with Crippen molar-refractivity contribution in [1.29, 1.82) is 5.26 Å². The maximum atomic E-state index is 9.04. The smallest absolute Gasteiger partial charge is 0.191 e. The van der Waals surface area contributed by atoms with Crippen LogP contribution in [-0.4, -0.2) is 14.8 Å². The van der Waals surface area contributed by atoms with Crippen molar-refractivity contribution >= 4 is 11.8 Å². The maximum Gasteiger partial charge on any atom is 0.191 e. The number of thioether (sulfide) groups is 1. The fourth-order valence-electron chi connectivity index (χ4n) is 2.84. The van der Waals surface area contributed by atoms with Crippen molar-refractivity contribution in [2.24, 2.45) is 0 Å². The molecule has 1 aromatic heterocycles. The molecule has 0 bridgehead atoms. The number of nitrogens with zero attached hydrogens (tertiary/aromatic N) is 4. The van der Waals surface area contributed by atoms with E-state index in [2.05, 4.69) is 45.1 Å². The minimum Gasteiger partial charge on any atom is -0.301 e. The van der Waals surface area contributed by atoms with Gasteiger partial charge in [0.2, 0.25) is 0 Å². The van der Waals surface area contributed by atoms with E-state index in [1.807, 2.05) is 30.3 Å². The summed E-state index contributed by atoms with van der Waals surface area (Å²) in [6.45, 7) is 0.806. The molecule has 0 atom stereocenters. The van der Waals surface area contributed by atoms with Gasteiger partial charge in [0.25, 0.3) is 0 Å². The molecule has 5 heteroatoms. The molecule has 0 aliphatic heterocycles. The van der Waals surface area contributed by atoms with E-state index < -0.39 is 0 Å². The highest BCUT2D eigenvalue weighted by molar-refractivity contribution is 7.98. The first-order valence-corrected chi connectivity index (χ1v) is 9.41. The van der Waals surface area contributed by atoms with Crippen LogP contribution in [-0.2, 0) is 12.3 Å². The number of hydrogen-bond acceptors (Lipinski definition) is 4. The zero-order chi connectivity index (χ0) is 17.1. The second-order valence-corrected chi connectivity index (χ2v) is 7.23. The molecule has 1 fully saturated rings.